The molecule has 8 nitrogen and oxygen atoms in total. The Morgan fingerprint density at radius 2 is 1.84 bits per heavy atom. The number of carbonyl (C=O) groups excluding carboxylic acids is 3. The van der Waals surface area contributed by atoms with Crippen molar-refractivity contribution in [3.63, 3.8) is 0 Å². The zero-order chi connectivity index (χ0) is 24.3. The average molecular weight is 456 g/mol. The SMILES string of the molecule is CC[C@H](C)[C@H](NC(=O)[C@H]1CCCCN1C)C(=O)N(CCOC)[C@H](CCOC(C)=O)C(C)C. The van der Waals surface area contributed by atoms with Gasteiger partial charge in [0.05, 0.1) is 19.3 Å². The number of rotatable bonds is 13. The molecule has 32 heavy (non-hydrogen) atoms. The molecule has 0 aromatic rings. The molecule has 0 bridgehead atoms. The first-order valence-electron chi connectivity index (χ1n) is 12.1. The van der Waals surface area contributed by atoms with Gasteiger partial charge in [-0.05, 0) is 38.3 Å². The molecule has 186 valence electrons. The highest BCUT2D eigenvalue weighted by atomic mass is 16.5. The van der Waals surface area contributed by atoms with Gasteiger partial charge in [-0.1, -0.05) is 40.5 Å². The van der Waals surface area contributed by atoms with Gasteiger partial charge in [0.25, 0.3) is 0 Å². The van der Waals surface area contributed by atoms with Crippen molar-refractivity contribution in [2.75, 3.05) is 40.5 Å². The number of piperidine rings is 1. The van der Waals surface area contributed by atoms with E-state index in [9.17, 15) is 14.4 Å². The summed E-state index contributed by atoms with van der Waals surface area (Å²) in [5.74, 6) is -0.345. The summed E-state index contributed by atoms with van der Waals surface area (Å²) in [4.78, 5) is 42.1. The highest BCUT2D eigenvalue weighted by molar-refractivity contribution is 5.90. The summed E-state index contributed by atoms with van der Waals surface area (Å²) in [5, 5.41) is 3.09. The predicted molar refractivity (Wildman–Crippen MR) is 125 cm³/mol. The minimum Gasteiger partial charge on any atom is -0.466 e. The maximum absolute atomic E-state index is 13.8. The third-order valence-electron chi connectivity index (χ3n) is 6.56. The Labute approximate surface area is 194 Å². The van der Waals surface area contributed by atoms with Crippen LogP contribution in [0.5, 0.6) is 0 Å². The number of ether oxygens (including phenoxy) is 2. The molecule has 1 aliphatic rings. The van der Waals surface area contributed by atoms with Crippen LogP contribution >= 0.6 is 0 Å². The third kappa shape index (κ3) is 8.70. The smallest absolute Gasteiger partial charge is 0.302 e. The molecular weight excluding hydrogens is 410 g/mol. The lowest BCUT2D eigenvalue weighted by Gasteiger charge is -2.39. The van der Waals surface area contributed by atoms with Crippen molar-refractivity contribution in [3.05, 3.63) is 0 Å². The monoisotopic (exact) mass is 455 g/mol. The number of carbonyl (C=O) groups is 3. The summed E-state index contributed by atoms with van der Waals surface area (Å²) in [6.07, 6.45) is 4.25. The van der Waals surface area contributed by atoms with Crippen molar-refractivity contribution in [2.45, 2.75) is 84.8 Å². The summed E-state index contributed by atoms with van der Waals surface area (Å²) < 4.78 is 10.4. The predicted octanol–water partition coefficient (Wildman–Crippen LogP) is 2.45. The molecule has 1 heterocycles. The maximum atomic E-state index is 13.8. The van der Waals surface area contributed by atoms with Gasteiger partial charge in [0.15, 0.2) is 0 Å². The van der Waals surface area contributed by atoms with Gasteiger partial charge >= 0.3 is 5.97 Å². The molecule has 0 saturated carbocycles. The van der Waals surface area contributed by atoms with E-state index in [-0.39, 0.29) is 48.3 Å². The molecule has 8 heteroatoms. The number of esters is 1. The average Bonchev–Trinajstić information content (AvgIpc) is 2.75. The zero-order valence-corrected chi connectivity index (χ0v) is 21.2. The molecule has 1 N–H and O–H groups in total. The molecule has 0 aliphatic carbocycles. The van der Waals surface area contributed by atoms with E-state index in [0.717, 1.165) is 32.2 Å². The molecule has 0 spiro atoms. The van der Waals surface area contributed by atoms with Crippen LogP contribution in [-0.4, -0.2) is 86.2 Å². The van der Waals surface area contributed by atoms with Crippen molar-refractivity contribution in [2.24, 2.45) is 11.8 Å². The Bertz CT molecular complexity index is 598. The Morgan fingerprint density at radius 3 is 2.38 bits per heavy atom. The standard InChI is InChI=1S/C24H45N3O5/c1-8-18(4)22(25-23(29)21-11-9-10-13-26(21)6)24(30)27(14-16-31-7)20(17(2)3)12-15-32-19(5)28/h17-18,20-22H,8-16H2,1-7H3,(H,25,29)/t18-,20+,21+,22-/m0/s1. The van der Waals surface area contributed by atoms with Gasteiger partial charge in [0, 0.05) is 33.0 Å². The van der Waals surface area contributed by atoms with E-state index in [1.54, 1.807) is 7.11 Å². The minimum absolute atomic E-state index is 0.00771. The van der Waals surface area contributed by atoms with Crippen LogP contribution in [0.1, 0.15) is 66.7 Å². The fraction of sp³-hybridized carbons (Fsp3) is 0.875. The first-order valence-corrected chi connectivity index (χ1v) is 12.1. The van der Waals surface area contributed by atoms with Crippen molar-refractivity contribution in [1.82, 2.24) is 15.1 Å². The molecule has 0 aromatic carbocycles. The van der Waals surface area contributed by atoms with Gasteiger partial charge in [0.1, 0.15) is 6.04 Å². The number of hydrogen-bond acceptors (Lipinski definition) is 6. The number of methoxy groups -OCH3 is 1. The summed E-state index contributed by atoms with van der Waals surface area (Å²) >= 11 is 0. The number of hydrogen-bond donors (Lipinski definition) is 1. The first-order chi connectivity index (χ1) is 15.1. The van der Waals surface area contributed by atoms with Gasteiger partial charge in [-0.2, -0.15) is 0 Å². The molecule has 0 radical (unpaired) electrons. The summed E-state index contributed by atoms with van der Waals surface area (Å²) in [5.41, 5.74) is 0. The first kappa shape index (κ1) is 28.4. The van der Waals surface area contributed by atoms with Gasteiger partial charge in [0.2, 0.25) is 11.8 Å². The Balaban J connectivity index is 3.09. The van der Waals surface area contributed by atoms with Crippen LogP contribution in [0.25, 0.3) is 0 Å². The van der Waals surface area contributed by atoms with Crippen LogP contribution in [0.2, 0.25) is 0 Å². The number of likely N-dealkylation sites (N-methyl/N-ethyl adjacent to an activating group) is 1. The largest absolute Gasteiger partial charge is 0.466 e. The summed E-state index contributed by atoms with van der Waals surface area (Å²) in [6.45, 7) is 11.5. The van der Waals surface area contributed by atoms with Crippen molar-refractivity contribution in [3.8, 4) is 0 Å². The van der Waals surface area contributed by atoms with Crippen molar-refractivity contribution < 1.29 is 23.9 Å². The number of amides is 2. The van der Waals surface area contributed by atoms with Crippen LogP contribution < -0.4 is 5.32 Å². The van der Waals surface area contributed by atoms with Crippen molar-refractivity contribution in [1.29, 1.82) is 0 Å². The van der Waals surface area contributed by atoms with E-state index in [1.807, 2.05) is 25.8 Å². The molecule has 1 rings (SSSR count). The van der Waals surface area contributed by atoms with E-state index >= 15 is 0 Å². The van der Waals surface area contributed by atoms with Crippen LogP contribution in [0.3, 0.4) is 0 Å². The lowest BCUT2D eigenvalue weighted by molar-refractivity contribution is -0.145. The van der Waals surface area contributed by atoms with E-state index in [0.29, 0.717) is 19.6 Å². The molecular formula is C24H45N3O5. The molecule has 2 amide bonds. The summed E-state index contributed by atoms with van der Waals surface area (Å²) in [6, 6.07) is -0.923. The second-order valence-electron chi connectivity index (χ2n) is 9.33. The van der Waals surface area contributed by atoms with E-state index < -0.39 is 6.04 Å². The second kappa shape index (κ2) is 14.5. The van der Waals surface area contributed by atoms with E-state index in [4.69, 9.17) is 9.47 Å². The van der Waals surface area contributed by atoms with Crippen molar-refractivity contribution >= 4 is 17.8 Å². The number of nitrogens with one attached hydrogen (secondary N) is 1. The second-order valence-corrected chi connectivity index (χ2v) is 9.33. The Hall–Kier alpha value is -1.67. The highest BCUT2D eigenvalue weighted by Crippen LogP contribution is 2.21. The molecule has 0 aromatic heterocycles. The van der Waals surface area contributed by atoms with Gasteiger partial charge in [-0.15, -0.1) is 0 Å². The van der Waals surface area contributed by atoms with Crippen LogP contribution in [0.4, 0.5) is 0 Å². The lowest BCUT2D eigenvalue weighted by atomic mass is 9.93. The Morgan fingerprint density at radius 1 is 1.16 bits per heavy atom. The van der Waals surface area contributed by atoms with Gasteiger partial charge in [-0.3, -0.25) is 19.3 Å². The molecule has 4 atom stereocenters. The topological polar surface area (TPSA) is 88.2 Å². The fourth-order valence-corrected chi connectivity index (χ4v) is 4.32. The molecule has 1 fully saturated rings. The highest BCUT2D eigenvalue weighted by Gasteiger charge is 2.36. The molecule has 0 unspecified atom stereocenters. The van der Waals surface area contributed by atoms with E-state index in [1.165, 1.54) is 6.92 Å². The lowest BCUT2D eigenvalue weighted by Crippen LogP contribution is -2.59. The normalized spacial score (nSPS) is 19.8. The van der Waals surface area contributed by atoms with E-state index in [2.05, 4.69) is 24.1 Å². The van der Waals surface area contributed by atoms with Crippen LogP contribution in [0.15, 0.2) is 0 Å². The molecule has 1 aliphatic heterocycles. The number of likely N-dealkylation sites (tertiary alicyclic amines) is 1. The van der Waals surface area contributed by atoms with Gasteiger partial charge < -0.3 is 19.7 Å². The van der Waals surface area contributed by atoms with Crippen LogP contribution in [0, 0.1) is 11.8 Å². The summed E-state index contributed by atoms with van der Waals surface area (Å²) in [7, 11) is 3.58. The zero-order valence-electron chi connectivity index (χ0n) is 21.2. The quantitative estimate of drug-likeness (QED) is 0.429. The van der Waals surface area contributed by atoms with Gasteiger partial charge in [-0.25, -0.2) is 0 Å². The maximum Gasteiger partial charge on any atom is 0.302 e. The number of nitrogens with zero attached hydrogens (tertiary/aromatic N) is 2. The minimum atomic E-state index is -0.602. The van der Waals surface area contributed by atoms with Crippen LogP contribution in [-0.2, 0) is 23.9 Å². The Kier molecular flexibility index (Phi) is 12.8. The third-order valence-corrected chi connectivity index (χ3v) is 6.56. The fourth-order valence-electron chi connectivity index (χ4n) is 4.32. The molecule has 1 saturated heterocycles.